The zero-order valence-corrected chi connectivity index (χ0v) is 39.9. The van der Waals surface area contributed by atoms with Crippen LogP contribution in [0.3, 0.4) is 0 Å². The van der Waals surface area contributed by atoms with Crippen molar-refractivity contribution in [3.05, 3.63) is 35.9 Å². The van der Waals surface area contributed by atoms with Crippen molar-refractivity contribution in [2.24, 2.45) is 349 Å². The van der Waals surface area contributed by atoms with Crippen molar-refractivity contribution in [1.82, 2.24) is 0 Å². The summed E-state index contributed by atoms with van der Waals surface area (Å²) in [6.45, 7) is 0. The highest BCUT2D eigenvalue weighted by Gasteiger charge is 3.05. The molecule has 0 nitrogen and oxygen atoms in total. The predicted octanol–water partition coefficient (Wildman–Crippen LogP) is 9.00. The van der Waals surface area contributed by atoms with Gasteiger partial charge in [0.15, 0.2) is 0 Å². The molecular formula is C67H66S. The summed E-state index contributed by atoms with van der Waals surface area (Å²) in [5.74, 6) is 72.7. The van der Waals surface area contributed by atoms with Crippen LogP contribution in [0.2, 0.25) is 0 Å². The SMILES string of the molecule is SCC12C3C4C5C6C7C8C9C%10C%11C%12C%13C9C9C%14C8C8C6C4C4C6C8C%14C8C%14C9C%13C9C%13C%12C%12C%11C%11C(C%107)C5C5C%11C7C%12C%10C%13C%11C9C%14C9C8C6C(C41)C1(c4ccccc4)C9C%11C4C%10C7C(C53)C2C41. The van der Waals surface area contributed by atoms with Crippen molar-refractivity contribution < 1.29 is 0 Å². The molecule has 0 heterocycles. The van der Waals surface area contributed by atoms with E-state index in [1.165, 1.54) is 302 Å². The van der Waals surface area contributed by atoms with Crippen molar-refractivity contribution in [2.45, 2.75) is 5.41 Å². The molecule has 32 aliphatic carbocycles. The number of benzene rings is 1. The fourth-order valence-corrected chi connectivity index (χ4v) is 48.8. The van der Waals surface area contributed by atoms with Crippen LogP contribution < -0.4 is 0 Å². The van der Waals surface area contributed by atoms with Crippen molar-refractivity contribution in [3.63, 3.8) is 0 Å². The number of rotatable bonds is 2. The minimum atomic E-state index is 0.548. The molecule has 1 aromatic carbocycles. The minimum absolute atomic E-state index is 0.548. The molecule has 0 radical (unpaired) electrons. The molecule has 32 saturated carbocycles. The summed E-state index contributed by atoms with van der Waals surface area (Å²) in [6, 6.07) is 13.9. The standard InChI is InChI=1S/C67H66S/c68-6-66-60-52-43-36-23-16-10-11-13-9-8-12(10)21(23)27-25-14(8)18-15(9)26-28-22(13)24-17(11)20-19(16)30-38-31(20)40-37(24)44-42(28)46-33(26)35-29(18)34-32(25)45(41(27)43)56(60)58-47(34)48(35)59-57(46)61-53(44)50(40)55-51(38)54(49(52)39(30)36)62(66)64(55)67(61,65(59)63(58)66)7-4-2-1-3-5-7/h1-5,8-65,68H,6H2. The van der Waals surface area contributed by atoms with Crippen molar-refractivity contribution in [2.75, 3.05) is 5.75 Å². The van der Waals surface area contributed by atoms with E-state index in [1.54, 1.807) is 0 Å². The number of hydrogen-bond acceptors (Lipinski definition) is 1. The van der Waals surface area contributed by atoms with E-state index < -0.39 is 0 Å². The van der Waals surface area contributed by atoms with Gasteiger partial charge < -0.3 is 0 Å². The van der Waals surface area contributed by atoms with Gasteiger partial charge in [0.25, 0.3) is 0 Å². The first-order valence-corrected chi connectivity index (χ1v) is 33.2. The Labute approximate surface area is 406 Å². The Bertz CT molecular complexity index is 3020. The lowest BCUT2D eigenvalue weighted by atomic mass is 9.32. The van der Waals surface area contributed by atoms with Gasteiger partial charge in [-0.25, -0.2) is 0 Å². The van der Waals surface area contributed by atoms with Gasteiger partial charge in [0.05, 0.1) is 0 Å². The Morgan fingerprint density at radius 1 is 0.221 bits per heavy atom. The largest absolute Gasteiger partial charge is 0.179 e. The number of hydrogen-bond donors (Lipinski definition) is 1. The summed E-state index contributed by atoms with van der Waals surface area (Å²) in [7, 11) is 0. The molecule has 0 amide bonds. The Balaban J connectivity index is 0.889. The molecule has 32 fully saturated rings. The van der Waals surface area contributed by atoms with E-state index >= 15 is 0 Å². The highest BCUT2D eigenvalue weighted by atomic mass is 32.1. The van der Waals surface area contributed by atoms with Crippen LogP contribution in [-0.4, -0.2) is 5.75 Å². The van der Waals surface area contributed by atoms with Crippen LogP contribution in [0.15, 0.2) is 30.3 Å². The first kappa shape index (κ1) is 30.8. The van der Waals surface area contributed by atoms with Crippen LogP contribution in [0.5, 0.6) is 0 Å². The minimum Gasteiger partial charge on any atom is -0.179 e. The maximum absolute atomic E-state index is 6.34. The highest BCUT2D eigenvalue weighted by Crippen LogP contribution is 3.07. The second-order valence-corrected chi connectivity index (χ2v) is 37.1. The van der Waals surface area contributed by atoms with Crippen LogP contribution >= 0.6 is 12.6 Å². The van der Waals surface area contributed by atoms with Gasteiger partial charge in [-0.05, 0) is 360 Å². The molecule has 0 bridgehead atoms. The van der Waals surface area contributed by atoms with E-state index in [1.807, 2.05) is 0 Å². The van der Waals surface area contributed by atoms with Crippen molar-refractivity contribution in [3.8, 4) is 0 Å². The lowest BCUT2D eigenvalue weighted by Gasteiger charge is -2.72. The average Bonchev–Trinajstić information content (AvgIpc) is 4.25. The Kier molecular flexibility index (Phi) is 3.43. The third kappa shape index (κ3) is 1.81. The number of thiol groups is 1. The average molecular weight is 903 g/mol. The van der Waals surface area contributed by atoms with Crippen LogP contribution in [0.25, 0.3) is 0 Å². The topological polar surface area (TPSA) is 0 Å². The fraction of sp³-hybridized carbons (Fsp3) is 0.910. The lowest BCUT2D eigenvalue weighted by molar-refractivity contribution is -0.223. The zero-order valence-electron chi connectivity index (χ0n) is 39.0. The summed E-state index contributed by atoms with van der Waals surface area (Å²) in [4.78, 5) is 0. The van der Waals surface area contributed by atoms with E-state index in [0.29, 0.717) is 10.8 Å². The molecule has 0 spiro atoms. The van der Waals surface area contributed by atoms with Crippen LogP contribution in [0.4, 0.5) is 0 Å². The van der Waals surface area contributed by atoms with Gasteiger partial charge in [0.1, 0.15) is 0 Å². The Hall–Kier alpha value is -0.430. The van der Waals surface area contributed by atoms with Gasteiger partial charge in [-0.3, -0.25) is 0 Å². The lowest BCUT2D eigenvalue weighted by Crippen LogP contribution is -2.71. The zero-order chi connectivity index (χ0) is 40.3. The summed E-state index contributed by atoms with van der Waals surface area (Å²) in [6.07, 6.45) is 0. The summed E-state index contributed by atoms with van der Waals surface area (Å²) in [5, 5.41) is 0. The molecule has 68 heavy (non-hydrogen) atoms. The van der Waals surface area contributed by atoms with E-state index in [4.69, 9.17) is 12.6 Å². The third-order valence-corrected chi connectivity index (χ3v) is 42.6. The molecular weight excluding hydrogens is 837 g/mol. The first-order chi connectivity index (χ1) is 33.9. The second-order valence-electron chi connectivity index (χ2n) is 36.7. The van der Waals surface area contributed by atoms with Gasteiger partial charge >= 0.3 is 0 Å². The van der Waals surface area contributed by atoms with Crippen molar-refractivity contribution >= 4 is 12.6 Å². The highest BCUT2D eigenvalue weighted by molar-refractivity contribution is 7.80. The first-order valence-electron chi connectivity index (χ1n) is 32.6. The van der Waals surface area contributed by atoms with Crippen LogP contribution in [-0.2, 0) is 5.41 Å². The fourth-order valence-electron chi connectivity index (χ4n) is 48.1. The van der Waals surface area contributed by atoms with Gasteiger partial charge in [-0.2, -0.15) is 12.6 Å². The van der Waals surface area contributed by atoms with E-state index in [-0.39, 0.29) is 0 Å². The second kappa shape index (κ2) is 7.56. The predicted molar refractivity (Wildman–Crippen MR) is 247 cm³/mol. The molecule has 0 aliphatic heterocycles. The van der Waals surface area contributed by atoms with E-state index in [9.17, 15) is 0 Å². The van der Waals surface area contributed by atoms with Gasteiger partial charge in [0, 0.05) is 5.41 Å². The summed E-state index contributed by atoms with van der Waals surface area (Å²) in [5.41, 5.74) is 3.26. The van der Waals surface area contributed by atoms with E-state index in [0.717, 1.165) is 47.3 Å². The quantitative estimate of drug-likeness (QED) is 0.282. The van der Waals surface area contributed by atoms with Crippen molar-refractivity contribution in [1.29, 1.82) is 0 Å². The summed E-state index contributed by atoms with van der Waals surface area (Å²) < 4.78 is 0. The Morgan fingerprint density at radius 2 is 0.412 bits per heavy atom. The van der Waals surface area contributed by atoms with Gasteiger partial charge in [0.2, 0.25) is 0 Å². The molecule has 33 rings (SSSR count). The molecule has 1 heteroatoms. The maximum Gasteiger partial charge on any atom is 0.00550 e. The van der Waals surface area contributed by atoms with E-state index in [2.05, 4.69) is 35.9 Å². The maximum atomic E-state index is 6.34. The van der Waals surface area contributed by atoms with Gasteiger partial charge in [-0.15, -0.1) is 0 Å². The molecule has 0 aromatic heterocycles. The molecule has 0 saturated heterocycles. The smallest absolute Gasteiger partial charge is 0.00550 e. The molecule has 1 aromatic rings. The monoisotopic (exact) mass is 902 g/mol. The molecule has 60 atom stereocenters. The molecule has 32 aliphatic rings. The Morgan fingerprint density at radius 3 is 0.721 bits per heavy atom. The van der Waals surface area contributed by atoms with Crippen LogP contribution in [0.1, 0.15) is 5.56 Å². The van der Waals surface area contributed by atoms with Crippen LogP contribution in [0, 0.1) is 349 Å². The normalized spacial score (nSPS) is 98.8. The summed E-state index contributed by atoms with van der Waals surface area (Å²) >= 11 is 6.34. The third-order valence-electron chi connectivity index (χ3n) is 42.0. The molecule has 340 valence electrons. The van der Waals surface area contributed by atoms with Gasteiger partial charge in [-0.1, -0.05) is 30.3 Å². The molecule has 0 N–H and O–H groups in total. The molecule has 60 unspecified atom stereocenters.